The Labute approximate surface area is 147 Å². The lowest BCUT2D eigenvalue weighted by Gasteiger charge is -2.24. The van der Waals surface area contributed by atoms with Gasteiger partial charge in [0.05, 0.1) is 16.8 Å². The standard InChI is InChI=1S/C19H22ClFN2O/c1-12-8-13(2)18(17(20)9-12)22-19(24)14(3)23(4)11-15-6-5-7-16(21)10-15/h5-10,14H,11H2,1-4H3,(H,22,24). The lowest BCUT2D eigenvalue weighted by molar-refractivity contribution is -0.120. The molecule has 0 spiro atoms. The molecule has 24 heavy (non-hydrogen) atoms. The number of nitrogens with zero attached hydrogens (tertiary/aromatic N) is 1. The van der Waals surface area contributed by atoms with Crippen molar-refractivity contribution < 1.29 is 9.18 Å². The van der Waals surface area contributed by atoms with Crippen LogP contribution in [0.5, 0.6) is 0 Å². The Bertz CT molecular complexity index is 725. The van der Waals surface area contributed by atoms with Crippen LogP contribution in [0.4, 0.5) is 10.1 Å². The van der Waals surface area contributed by atoms with Crippen molar-refractivity contribution in [3.05, 3.63) is 63.9 Å². The van der Waals surface area contributed by atoms with Crippen LogP contribution < -0.4 is 5.32 Å². The van der Waals surface area contributed by atoms with E-state index in [4.69, 9.17) is 11.6 Å². The molecule has 0 bridgehead atoms. The Balaban J connectivity index is 2.06. The number of hydrogen-bond donors (Lipinski definition) is 1. The maximum absolute atomic E-state index is 13.3. The van der Waals surface area contributed by atoms with Crippen LogP contribution in [0, 0.1) is 19.7 Å². The van der Waals surface area contributed by atoms with Crippen LogP contribution in [0.2, 0.25) is 5.02 Å². The van der Waals surface area contributed by atoms with E-state index in [0.29, 0.717) is 17.3 Å². The van der Waals surface area contributed by atoms with Gasteiger partial charge in [-0.15, -0.1) is 0 Å². The topological polar surface area (TPSA) is 32.3 Å². The fraction of sp³-hybridized carbons (Fsp3) is 0.316. The molecule has 0 heterocycles. The number of rotatable bonds is 5. The van der Waals surface area contributed by atoms with E-state index in [0.717, 1.165) is 16.7 Å². The summed E-state index contributed by atoms with van der Waals surface area (Å²) in [5.41, 5.74) is 3.43. The van der Waals surface area contributed by atoms with E-state index in [2.05, 4.69) is 5.32 Å². The Kier molecular flexibility index (Phi) is 5.97. The molecular formula is C19H22ClFN2O. The van der Waals surface area contributed by atoms with Gasteiger partial charge in [-0.2, -0.15) is 0 Å². The third kappa shape index (κ3) is 4.56. The molecule has 128 valence electrons. The monoisotopic (exact) mass is 348 g/mol. The zero-order valence-corrected chi connectivity index (χ0v) is 15.1. The summed E-state index contributed by atoms with van der Waals surface area (Å²) in [7, 11) is 1.83. The summed E-state index contributed by atoms with van der Waals surface area (Å²) in [4.78, 5) is 14.4. The predicted molar refractivity (Wildman–Crippen MR) is 96.9 cm³/mol. The number of amides is 1. The molecule has 2 aromatic rings. The van der Waals surface area contributed by atoms with Crippen LogP contribution in [0.1, 0.15) is 23.6 Å². The number of anilines is 1. The molecule has 1 atom stereocenters. The lowest BCUT2D eigenvalue weighted by Crippen LogP contribution is -2.39. The van der Waals surface area contributed by atoms with Gasteiger partial charge in [-0.3, -0.25) is 9.69 Å². The summed E-state index contributed by atoms with van der Waals surface area (Å²) in [5.74, 6) is -0.428. The number of aryl methyl sites for hydroxylation is 2. The van der Waals surface area contributed by atoms with Gasteiger partial charge < -0.3 is 5.32 Å². The molecule has 1 amide bonds. The van der Waals surface area contributed by atoms with Gasteiger partial charge in [0.2, 0.25) is 5.91 Å². The summed E-state index contributed by atoms with van der Waals surface area (Å²) in [6.07, 6.45) is 0. The molecular weight excluding hydrogens is 327 g/mol. The smallest absolute Gasteiger partial charge is 0.241 e. The van der Waals surface area contributed by atoms with Gasteiger partial charge in [0.25, 0.3) is 0 Å². The van der Waals surface area contributed by atoms with E-state index >= 15 is 0 Å². The highest BCUT2D eigenvalue weighted by molar-refractivity contribution is 6.34. The second kappa shape index (κ2) is 7.77. The summed E-state index contributed by atoms with van der Waals surface area (Å²) in [5, 5.41) is 3.43. The molecule has 1 unspecified atom stereocenters. The average Bonchev–Trinajstić information content (AvgIpc) is 2.49. The van der Waals surface area contributed by atoms with Crippen LogP contribution in [-0.2, 0) is 11.3 Å². The van der Waals surface area contributed by atoms with Crippen molar-refractivity contribution in [3.63, 3.8) is 0 Å². The van der Waals surface area contributed by atoms with Crippen molar-refractivity contribution in [3.8, 4) is 0 Å². The van der Waals surface area contributed by atoms with Gasteiger partial charge >= 0.3 is 0 Å². The van der Waals surface area contributed by atoms with Crippen molar-refractivity contribution >= 4 is 23.2 Å². The second-order valence-corrected chi connectivity index (χ2v) is 6.56. The van der Waals surface area contributed by atoms with Crippen molar-refractivity contribution in [2.75, 3.05) is 12.4 Å². The maximum Gasteiger partial charge on any atom is 0.241 e. The predicted octanol–water partition coefficient (Wildman–Crippen LogP) is 4.55. The van der Waals surface area contributed by atoms with Crippen LogP contribution >= 0.6 is 11.6 Å². The van der Waals surface area contributed by atoms with Gasteiger partial charge in [0.15, 0.2) is 0 Å². The molecule has 0 radical (unpaired) electrons. The zero-order valence-electron chi connectivity index (χ0n) is 14.4. The highest BCUT2D eigenvalue weighted by Gasteiger charge is 2.20. The fourth-order valence-corrected chi connectivity index (χ4v) is 2.93. The van der Waals surface area contributed by atoms with E-state index in [1.165, 1.54) is 12.1 Å². The first-order chi connectivity index (χ1) is 11.3. The van der Waals surface area contributed by atoms with Crippen LogP contribution in [0.25, 0.3) is 0 Å². The van der Waals surface area contributed by atoms with Crippen molar-refractivity contribution in [2.45, 2.75) is 33.4 Å². The van der Waals surface area contributed by atoms with E-state index in [-0.39, 0.29) is 17.8 Å². The van der Waals surface area contributed by atoms with Crippen LogP contribution in [0.15, 0.2) is 36.4 Å². The minimum atomic E-state index is -0.384. The maximum atomic E-state index is 13.3. The van der Waals surface area contributed by atoms with Crippen LogP contribution in [0.3, 0.4) is 0 Å². The first-order valence-electron chi connectivity index (χ1n) is 7.80. The summed E-state index contributed by atoms with van der Waals surface area (Å²) in [6, 6.07) is 9.80. The summed E-state index contributed by atoms with van der Waals surface area (Å²) >= 11 is 6.24. The lowest BCUT2D eigenvalue weighted by atomic mass is 10.1. The van der Waals surface area contributed by atoms with E-state index in [1.807, 2.05) is 50.9 Å². The zero-order chi connectivity index (χ0) is 17.9. The summed E-state index contributed by atoms with van der Waals surface area (Å²) in [6.45, 7) is 6.16. The molecule has 2 rings (SSSR count). The molecule has 0 saturated carbocycles. The molecule has 0 aliphatic carbocycles. The van der Waals surface area contributed by atoms with Crippen LogP contribution in [-0.4, -0.2) is 23.9 Å². The third-order valence-corrected chi connectivity index (χ3v) is 4.34. The highest BCUT2D eigenvalue weighted by atomic mass is 35.5. The Hall–Kier alpha value is -1.91. The normalized spacial score (nSPS) is 12.3. The van der Waals surface area contributed by atoms with E-state index < -0.39 is 0 Å². The number of likely N-dealkylation sites (N-methyl/N-ethyl adjacent to an activating group) is 1. The molecule has 5 heteroatoms. The van der Waals surface area contributed by atoms with Gasteiger partial charge in [0, 0.05) is 6.54 Å². The number of halogens is 2. The Morgan fingerprint density at radius 3 is 2.62 bits per heavy atom. The number of carbonyl (C=O) groups is 1. The fourth-order valence-electron chi connectivity index (χ4n) is 2.56. The quantitative estimate of drug-likeness (QED) is 0.859. The van der Waals surface area contributed by atoms with Gasteiger partial charge in [-0.25, -0.2) is 4.39 Å². The van der Waals surface area contributed by atoms with Crippen molar-refractivity contribution in [1.82, 2.24) is 4.90 Å². The van der Waals surface area contributed by atoms with Crippen molar-refractivity contribution in [2.24, 2.45) is 0 Å². The molecule has 0 fully saturated rings. The molecule has 0 aromatic heterocycles. The van der Waals surface area contributed by atoms with Gasteiger partial charge in [-0.1, -0.05) is 29.8 Å². The minimum Gasteiger partial charge on any atom is -0.323 e. The SMILES string of the molecule is Cc1cc(C)c(NC(=O)C(C)N(C)Cc2cccc(F)c2)c(Cl)c1. The summed E-state index contributed by atoms with van der Waals surface area (Å²) < 4.78 is 13.3. The number of benzene rings is 2. The largest absolute Gasteiger partial charge is 0.323 e. The molecule has 0 aliphatic heterocycles. The molecule has 0 aliphatic rings. The molecule has 0 saturated heterocycles. The number of hydrogen-bond acceptors (Lipinski definition) is 2. The first-order valence-corrected chi connectivity index (χ1v) is 8.18. The average molecular weight is 349 g/mol. The third-order valence-electron chi connectivity index (χ3n) is 4.04. The van der Waals surface area contributed by atoms with E-state index in [1.54, 1.807) is 6.07 Å². The second-order valence-electron chi connectivity index (χ2n) is 6.15. The molecule has 3 nitrogen and oxygen atoms in total. The Morgan fingerprint density at radius 1 is 1.29 bits per heavy atom. The Morgan fingerprint density at radius 2 is 2.00 bits per heavy atom. The molecule has 2 aromatic carbocycles. The van der Waals surface area contributed by atoms with E-state index in [9.17, 15) is 9.18 Å². The number of nitrogens with one attached hydrogen (secondary N) is 1. The van der Waals surface area contributed by atoms with Crippen molar-refractivity contribution in [1.29, 1.82) is 0 Å². The van der Waals surface area contributed by atoms with Gasteiger partial charge in [-0.05, 0) is 62.7 Å². The molecule has 1 N–H and O–H groups in total. The highest BCUT2D eigenvalue weighted by Crippen LogP contribution is 2.27. The number of carbonyl (C=O) groups excluding carboxylic acids is 1. The van der Waals surface area contributed by atoms with Gasteiger partial charge in [0.1, 0.15) is 5.82 Å². The minimum absolute atomic E-state index is 0.150. The first kappa shape index (κ1) is 18.4.